The Balaban J connectivity index is 2.08. The maximum absolute atomic E-state index is 13.1. The summed E-state index contributed by atoms with van der Waals surface area (Å²) >= 11 is 0. The van der Waals surface area contributed by atoms with Crippen molar-refractivity contribution < 1.29 is 23.1 Å². The van der Waals surface area contributed by atoms with E-state index in [-0.39, 0.29) is 5.56 Å². The molecule has 0 saturated heterocycles. The van der Waals surface area contributed by atoms with Gasteiger partial charge < -0.3 is 10.1 Å². The maximum Gasteiger partial charge on any atom is 0.328 e. The highest BCUT2D eigenvalue weighted by Crippen LogP contribution is 2.33. The van der Waals surface area contributed by atoms with Crippen LogP contribution in [0.2, 0.25) is 0 Å². The average molecular weight is 283 g/mol. The molecule has 1 amide bonds. The van der Waals surface area contributed by atoms with Crippen molar-refractivity contribution in [3.05, 3.63) is 35.4 Å². The Hall–Kier alpha value is -1.98. The fourth-order valence-corrected chi connectivity index (χ4v) is 1.97. The van der Waals surface area contributed by atoms with Crippen molar-refractivity contribution in [3.8, 4) is 0 Å². The van der Waals surface area contributed by atoms with E-state index in [1.807, 2.05) is 0 Å². The van der Waals surface area contributed by atoms with Crippen molar-refractivity contribution in [3.63, 3.8) is 0 Å². The predicted octanol–water partition coefficient (Wildman–Crippen LogP) is 2.04. The van der Waals surface area contributed by atoms with Gasteiger partial charge in [0.05, 0.1) is 7.11 Å². The van der Waals surface area contributed by atoms with Crippen LogP contribution in [0.1, 0.15) is 29.6 Å². The van der Waals surface area contributed by atoms with Gasteiger partial charge in [-0.2, -0.15) is 0 Å². The van der Waals surface area contributed by atoms with Crippen LogP contribution in [0.4, 0.5) is 8.78 Å². The van der Waals surface area contributed by atoms with Crippen molar-refractivity contribution in [2.24, 2.45) is 5.92 Å². The van der Waals surface area contributed by atoms with Crippen molar-refractivity contribution in [2.45, 2.75) is 25.3 Å². The molecule has 0 radical (unpaired) electrons. The van der Waals surface area contributed by atoms with Crippen molar-refractivity contribution in [1.29, 1.82) is 0 Å². The maximum atomic E-state index is 13.1. The molecule has 0 aliphatic heterocycles. The zero-order valence-electron chi connectivity index (χ0n) is 11.0. The van der Waals surface area contributed by atoms with Gasteiger partial charge in [0.25, 0.3) is 5.91 Å². The molecule has 4 nitrogen and oxygen atoms in total. The third kappa shape index (κ3) is 3.76. The molecule has 1 fully saturated rings. The molecule has 1 aliphatic carbocycles. The van der Waals surface area contributed by atoms with E-state index in [4.69, 9.17) is 0 Å². The summed E-state index contributed by atoms with van der Waals surface area (Å²) in [6, 6.07) is 1.73. The number of methoxy groups -OCH3 is 1. The van der Waals surface area contributed by atoms with E-state index in [2.05, 4.69) is 10.1 Å². The van der Waals surface area contributed by atoms with E-state index in [9.17, 15) is 18.4 Å². The summed E-state index contributed by atoms with van der Waals surface area (Å²) in [6.07, 6.45) is 2.51. The lowest BCUT2D eigenvalue weighted by Crippen LogP contribution is -2.41. The lowest BCUT2D eigenvalue weighted by Gasteiger charge is -2.16. The zero-order valence-corrected chi connectivity index (χ0v) is 11.0. The van der Waals surface area contributed by atoms with Gasteiger partial charge in [-0.25, -0.2) is 13.6 Å². The lowest BCUT2D eigenvalue weighted by atomic mass is 10.1. The highest BCUT2D eigenvalue weighted by Gasteiger charge is 2.31. The second kappa shape index (κ2) is 5.98. The third-order valence-corrected chi connectivity index (χ3v) is 3.18. The van der Waals surface area contributed by atoms with Gasteiger partial charge in [-0.15, -0.1) is 0 Å². The normalized spacial score (nSPS) is 15.6. The van der Waals surface area contributed by atoms with Crippen LogP contribution in [0.3, 0.4) is 0 Å². The van der Waals surface area contributed by atoms with Crippen LogP contribution in [0.25, 0.3) is 0 Å². The lowest BCUT2D eigenvalue weighted by molar-refractivity contribution is -0.143. The molecule has 1 atom stereocenters. The van der Waals surface area contributed by atoms with Crippen LogP contribution in [-0.2, 0) is 9.53 Å². The molecule has 20 heavy (non-hydrogen) atoms. The molecule has 0 aromatic heterocycles. The summed E-state index contributed by atoms with van der Waals surface area (Å²) < 4.78 is 30.7. The Morgan fingerprint density at radius 3 is 2.40 bits per heavy atom. The highest BCUT2D eigenvalue weighted by atomic mass is 19.1. The molecule has 0 heterocycles. The van der Waals surface area contributed by atoms with E-state index in [0.29, 0.717) is 18.4 Å². The molecule has 6 heteroatoms. The van der Waals surface area contributed by atoms with Crippen LogP contribution in [0, 0.1) is 17.6 Å². The van der Waals surface area contributed by atoms with E-state index in [0.717, 1.165) is 25.0 Å². The summed E-state index contributed by atoms with van der Waals surface area (Å²) in [6.45, 7) is 0. The van der Waals surface area contributed by atoms with Gasteiger partial charge in [0, 0.05) is 11.6 Å². The number of nitrogens with one attached hydrogen (secondary N) is 1. The summed E-state index contributed by atoms with van der Waals surface area (Å²) in [7, 11) is 1.23. The molecule has 108 valence electrons. The predicted molar refractivity (Wildman–Crippen MR) is 67.0 cm³/mol. The standard InChI is InChI=1S/C14H15F2NO3/c1-20-14(19)12(4-8-2-3-8)17-13(18)9-5-10(15)7-11(16)6-9/h5-8,12H,2-4H2,1H3,(H,17,18)/t12-/m1/s1. The zero-order chi connectivity index (χ0) is 14.7. The number of hydrogen-bond donors (Lipinski definition) is 1. The quantitative estimate of drug-likeness (QED) is 0.841. The Kier molecular flexibility index (Phi) is 4.32. The molecule has 1 N–H and O–H groups in total. The Morgan fingerprint density at radius 2 is 1.90 bits per heavy atom. The molecule has 1 aromatic carbocycles. The third-order valence-electron chi connectivity index (χ3n) is 3.18. The van der Waals surface area contributed by atoms with Gasteiger partial charge in [-0.05, 0) is 24.5 Å². The van der Waals surface area contributed by atoms with Crippen LogP contribution in [0.15, 0.2) is 18.2 Å². The molecule has 0 bridgehead atoms. The fraction of sp³-hybridized carbons (Fsp3) is 0.429. The minimum Gasteiger partial charge on any atom is -0.467 e. The van der Waals surface area contributed by atoms with Crippen LogP contribution in [0.5, 0.6) is 0 Å². The smallest absolute Gasteiger partial charge is 0.328 e. The van der Waals surface area contributed by atoms with Gasteiger partial charge in [-0.1, -0.05) is 12.8 Å². The summed E-state index contributed by atoms with van der Waals surface area (Å²) in [5, 5.41) is 2.46. The van der Waals surface area contributed by atoms with Crippen molar-refractivity contribution in [2.75, 3.05) is 7.11 Å². The molecular weight excluding hydrogens is 268 g/mol. The number of halogens is 2. The van der Waals surface area contributed by atoms with Gasteiger partial charge in [0.1, 0.15) is 17.7 Å². The van der Waals surface area contributed by atoms with Crippen LogP contribution < -0.4 is 5.32 Å². The van der Waals surface area contributed by atoms with E-state index < -0.39 is 29.6 Å². The fourth-order valence-electron chi connectivity index (χ4n) is 1.97. The van der Waals surface area contributed by atoms with E-state index in [1.54, 1.807) is 0 Å². The molecule has 0 unspecified atom stereocenters. The first-order chi connectivity index (χ1) is 9.49. The number of carbonyl (C=O) groups is 2. The summed E-state index contributed by atoms with van der Waals surface area (Å²) in [5.74, 6) is -2.54. The minimum absolute atomic E-state index is 0.160. The Bertz CT molecular complexity index is 509. The Morgan fingerprint density at radius 1 is 1.30 bits per heavy atom. The summed E-state index contributed by atoms with van der Waals surface area (Å²) in [5.41, 5.74) is -0.160. The monoisotopic (exact) mass is 283 g/mol. The van der Waals surface area contributed by atoms with Gasteiger partial charge in [0.2, 0.25) is 0 Å². The first-order valence-corrected chi connectivity index (χ1v) is 6.34. The Labute approximate surface area is 115 Å². The molecule has 1 aromatic rings. The molecule has 0 spiro atoms. The van der Waals surface area contributed by atoms with Gasteiger partial charge >= 0.3 is 5.97 Å². The minimum atomic E-state index is -0.841. The van der Waals surface area contributed by atoms with E-state index in [1.165, 1.54) is 7.11 Å². The number of rotatable bonds is 5. The molecular formula is C14H15F2NO3. The summed E-state index contributed by atoms with van der Waals surface area (Å²) in [4.78, 5) is 23.5. The number of ether oxygens (including phenoxy) is 1. The number of hydrogen-bond acceptors (Lipinski definition) is 3. The molecule has 1 aliphatic rings. The average Bonchev–Trinajstić information content (AvgIpc) is 3.19. The van der Waals surface area contributed by atoms with Gasteiger partial charge in [0.15, 0.2) is 0 Å². The van der Waals surface area contributed by atoms with Crippen LogP contribution >= 0.6 is 0 Å². The van der Waals surface area contributed by atoms with Crippen LogP contribution in [-0.4, -0.2) is 25.0 Å². The second-order valence-electron chi connectivity index (χ2n) is 4.89. The molecule has 2 rings (SSSR count). The largest absolute Gasteiger partial charge is 0.467 e. The van der Waals surface area contributed by atoms with E-state index >= 15 is 0 Å². The highest BCUT2D eigenvalue weighted by molar-refractivity contribution is 5.96. The SMILES string of the molecule is COC(=O)[C@@H](CC1CC1)NC(=O)c1cc(F)cc(F)c1. The van der Waals surface area contributed by atoms with Crippen molar-refractivity contribution >= 4 is 11.9 Å². The molecule has 1 saturated carbocycles. The topological polar surface area (TPSA) is 55.4 Å². The number of esters is 1. The first kappa shape index (κ1) is 14.4. The van der Waals surface area contributed by atoms with Crippen molar-refractivity contribution in [1.82, 2.24) is 5.32 Å². The second-order valence-corrected chi connectivity index (χ2v) is 4.89. The number of amides is 1. The first-order valence-electron chi connectivity index (χ1n) is 6.34. The number of benzene rings is 1. The van der Waals surface area contributed by atoms with Gasteiger partial charge in [-0.3, -0.25) is 4.79 Å². The number of carbonyl (C=O) groups excluding carboxylic acids is 2.